The van der Waals surface area contributed by atoms with Crippen molar-refractivity contribution in [3.8, 4) is 5.75 Å². The first-order valence-corrected chi connectivity index (χ1v) is 9.35. The lowest BCUT2D eigenvalue weighted by atomic mass is 9.86. The Hall–Kier alpha value is -2.57. The molecule has 3 rings (SSSR count). The highest BCUT2D eigenvalue weighted by Crippen LogP contribution is 2.49. The van der Waals surface area contributed by atoms with E-state index >= 15 is 0 Å². The lowest BCUT2D eigenvalue weighted by Crippen LogP contribution is -2.23. The van der Waals surface area contributed by atoms with Crippen LogP contribution in [0.4, 0.5) is 11.4 Å². The van der Waals surface area contributed by atoms with Crippen LogP contribution >= 0.6 is 0 Å². The molecule has 2 bridgehead atoms. The van der Waals surface area contributed by atoms with Crippen LogP contribution in [0.3, 0.4) is 0 Å². The average Bonchev–Trinajstić information content (AvgIpc) is 3.23. The Balaban J connectivity index is 1.49. The molecular formula is C20H26N2O5. The fourth-order valence-corrected chi connectivity index (χ4v) is 4.32. The number of benzene rings is 1. The lowest BCUT2D eigenvalue weighted by Gasteiger charge is -2.20. The first kappa shape index (κ1) is 19.2. The Morgan fingerprint density at radius 2 is 1.96 bits per heavy atom. The van der Waals surface area contributed by atoms with E-state index in [4.69, 9.17) is 9.47 Å². The molecule has 0 radical (unpaired) electrons. The molecule has 2 amide bonds. The number of hydrogen-bond acceptors (Lipinski definition) is 5. The van der Waals surface area contributed by atoms with Crippen molar-refractivity contribution in [2.24, 2.45) is 17.8 Å². The van der Waals surface area contributed by atoms with E-state index in [0.29, 0.717) is 35.4 Å². The molecule has 7 heteroatoms. The molecule has 0 aliphatic heterocycles. The van der Waals surface area contributed by atoms with Gasteiger partial charge in [-0.25, -0.2) is 0 Å². The topological polar surface area (TPSA) is 93.7 Å². The third kappa shape index (κ3) is 4.99. The molecular weight excluding hydrogens is 348 g/mol. The van der Waals surface area contributed by atoms with E-state index in [0.717, 1.165) is 12.3 Å². The number of fused-ring (bicyclic) bond motifs is 2. The Kier molecular flexibility index (Phi) is 5.98. The minimum absolute atomic E-state index is 0.216. The SMILES string of the molecule is COc1ccc(NC(C)=O)cc1NC(=O)COC(=O)C[C@H]1C[C@H]2CC[C@@H]1C2. The van der Waals surface area contributed by atoms with Crippen LogP contribution in [0.2, 0.25) is 0 Å². The van der Waals surface area contributed by atoms with Gasteiger partial charge in [0.2, 0.25) is 5.91 Å². The van der Waals surface area contributed by atoms with E-state index in [1.165, 1.54) is 33.3 Å². The molecule has 0 heterocycles. The molecule has 2 aliphatic carbocycles. The fraction of sp³-hybridized carbons (Fsp3) is 0.550. The van der Waals surface area contributed by atoms with Crippen LogP contribution in [-0.4, -0.2) is 31.5 Å². The molecule has 0 unspecified atom stereocenters. The van der Waals surface area contributed by atoms with Crippen molar-refractivity contribution in [3.63, 3.8) is 0 Å². The highest BCUT2D eigenvalue weighted by atomic mass is 16.5. The third-order valence-corrected chi connectivity index (χ3v) is 5.47. The van der Waals surface area contributed by atoms with E-state index in [1.54, 1.807) is 18.2 Å². The summed E-state index contributed by atoms with van der Waals surface area (Å²) in [4.78, 5) is 35.4. The van der Waals surface area contributed by atoms with E-state index in [-0.39, 0.29) is 18.5 Å². The molecule has 3 atom stereocenters. The minimum atomic E-state index is -0.449. The van der Waals surface area contributed by atoms with Gasteiger partial charge in [0.05, 0.1) is 12.8 Å². The maximum atomic E-state index is 12.2. The zero-order valence-corrected chi connectivity index (χ0v) is 15.7. The van der Waals surface area contributed by atoms with Crippen LogP contribution in [0, 0.1) is 17.8 Å². The zero-order chi connectivity index (χ0) is 19.4. The van der Waals surface area contributed by atoms with Gasteiger partial charge in [-0.3, -0.25) is 14.4 Å². The molecule has 0 spiro atoms. The maximum absolute atomic E-state index is 12.2. The number of carbonyl (C=O) groups excluding carboxylic acids is 3. The van der Waals surface area contributed by atoms with Crippen molar-refractivity contribution in [2.75, 3.05) is 24.4 Å². The predicted molar refractivity (Wildman–Crippen MR) is 100 cm³/mol. The van der Waals surface area contributed by atoms with Gasteiger partial charge in [-0.15, -0.1) is 0 Å². The predicted octanol–water partition coefficient (Wildman–Crippen LogP) is 2.96. The Labute approximate surface area is 158 Å². The van der Waals surface area contributed by atoms with Crippen LogP contribution in [0.1, 0.15) is 39.0 Å². The molecule has 146 valence electrons. The van der Waals surface area contributed by atoms with Crippen molar-refractivity contribution < 1.29 is 23.9 Å². The Morgan fingerprint density at radius 1 is 1.15 bits per heavy atom. The van der Waals surface area contributed by atoms with Crippen LogP contribution in [0.5, 0.6) is 5.75 Å². The first-order valence-electron chi connectivity index (χ1n) is 9.35. The summed E-state index contributed by atoms with van der Waals surface area (Å²) in [5, 5.41) is 5.30. The second-order valence-corrected chi connectivity index (χ2v) is 7.44. The summed E-state index contributed by atoms with van der Waals surface area (Å²) < 4.78 is 10.4. The summed E-state index contributed by atoms with van der Waals surface area (Å²) >= 11 is 0. The summed E-state index contributed by atoms with van der Waals surface area (Å²) in [6.45, 7) is 1.06. The van der Waals surface area contributed by atoms with Gasteiger partial charge in [0.25, 0.3) is 5.91 Å². The largest absolute Gasteiger partial charge is 0.495 e. The number of anilines is 2. The molecule has 27 heavy (non-hydrogen) atoms. The molecule has 1 aromatic rings. The molecule has 2 N–H and O–H groups in total. The van der Waals surface area contributed by atoms with Gasteiger partial charge in [-0.05, 0) is 55.2 Å². The van der Waals surface area contributed by atoms with Gasteiger partial charge >= 0.3 is 5.97 Å². The molecule has 2 fully saturated rings. The maximum Gasteiger partial charge on any atom is 0.306 e. The standard InChI is InChI=1S/C20H26N2O5/c1-12(23)21-16-5-6-18(26-2)17(10-16)22-19(24)11-27-20(25)9-15-8-13-3-4-14(15)7-13/h5-6,10,13-15H,3-4,7-9,11H2,1-2H3,(H,21,23)(H,22,24)/t13-,14+,15+/m0/s1. The first-order chi connectivity index (χ1) is 12.9. The average molecular weight is 374 g/mol. The van der Waals surface area contributed by atoms with Crippen LogP contribution in [0.25, 0.3) is 0 Å². The van der Waals surface area contributed by atoms with Gasteiger partial charge in [0.1, 0.15) is 5.75 Å². The summed E-state index contributed by atoms with van der Waals surface area (Å²) in [5.74, 6) is 1.30. The van der Waals surface area contributed by atoms with E-state index in [9.17, 15) is 14.4 Å². The number of methoxy groups -OCH3 is 1. The number of nitrogens with one attached hydrogen (secondary N) is 2. The Bertz CT molecular complexity index is 733. The summed E-state index contributed by atoms with van der Waals surface area (Å²) in [7, 11) is 1.48. The Morgan fingerprint density at radius 3 is 2.59 bits per heavy atom. The second-order valence-electron chi connectivity index (χ2n) is 7.44. The molecule has 7 nitrogen and oxygen atoms in total. The summed E-state index contributed by atoms with van der Waals surface area (Å²) in [6.07, 6.45) is 5.25. The second kappa shape index (κ2) is 8.41. The number of amides is 2. The summed E-state index contributed by atoms with van der Waals surface area (Å²) in [5.41, 5.74) is 0.935. The van der Waals surface area contributed by atoms with Crippen molar-refractivity contribution in [3.05, 3.63) is 18.2 Å². The van der Waals surface area contributed by atoms with Gasteiger partial charge in [-0.2, -0.15) is 0 Å². The molecule has 0 saturated heterocycles. The number of carbonyl (C=O) groups is 3. The fourth-order valence-electron chi connectivity index (χ4n) is 4.32. The molecule has 0 aromatic heterocycles. The molecule has 2 aliphatic rings. The van der Waals surface area contributed by atoms with E-state index in [1.807, 2.05) is 0 Å². The number of rotatable bonds is 7. The number of ether oxygens (including phenoxy) is 2. The highest BCUT2D eigenvalue weighted by Gasteiger charge is 2.40. The van der Waals surface area contributed by atoms with Crippen molar-refractivity contribution in [2.45, 2.75) is 39.0 Å². The monoisotopic (exact) mass is 374 g/mol. The van der Waals surface area contributed by atoms with Crippen LogP contribution < -0.4 is 15.4 Å². The van der Waals surface area contributed by atoms with Gasteiger partial charge in [0, 0.05) is 19.0 Å². The third-order valence-electron chi connectivity index (χ3n) is 5.47. The quantitative estimate of drug-likeness (QED) is 0.716. The zero-order valence-electron chi connectivity index (χ0n) is 15.7. The van der Waals surface area contributed by atoms with Crippen molar-refractivity contribution in [1.82, 2.24) is 0 Å². The normalized spacial score (nSPS) is 23.0. The smallest absolute Gasteiger partial charge is 0.306 e. The highest BCUT2D eigenvalue weighted by molar-refractivity contribution is 5.96. The summed E-state index contributed by atoms with van der Waals surface area (Å²) in [6, 6.07) is 4.91. The number of esters is 1. The van der Waals surface area contributed by atoms with Crippen molar-refractivity contribution >= 4 is 29.2 Å². The van der Waals surface area contributed by atoms with Crippen molar-refractivity contribution in [1.29, 1.82) is 0 Å². The van der Waals surface area contributed by atoms with Gasteiger partial charge in [0.15, 0.2) is 6.61 Å². The van der Waals surface area contributed by atoms with Crippen LogP contribution in [0.15, 0.2) is 18.2 Å². The minimum Gasteiger partial charge on any atom is -0.495 e. The number of hydrogen-bond donors (Lipinski definition) is 2. The van der Waals surface area contributed by atoms with Gasteiger partial charge in [-0.1, -0.05) is 6.42 Å². The molecule has 1 aromatic carbocycles. The van der Waals surface area contributed by atoms with Gasteiger partial charge < -0.3 is 20.1 Å². The lowest BCUT2D eigenvalue weighted by molar-refractivity contribution is -0.148. The molecule has 2 saturated carbocycles. The van der Waals surface area contributed by atoms with Crippen LogP contribution in [-0.2, 0) is 19.1 Å². The van der Waals surface area contributed by atoms with E-state index in [2.05, 4.69) is 10.6 Å². The van der Waals surface area contributed by atoms with E-state index < -0.39 is 5.91 Å².